The van der Waals surface area contributed by atoms with E-state index < -0.39 is 22.8 Å². The minimum absolute atomic E-state index is 0.0230. The van der Waals surface area contributed by atoms with Crippen LogP contribution in [0.2, 0.25) is 0 Å². The van der Waals surface area contributed by atoms with Crippen LogP contribution in [-0.2, 0) is 19.1 Å². The highest BCUT2D eigenvalue weighted by molar-refractivity contribution is 7.80. The number of hydrogen-bond donors (Lipinski definition) is 2. The van der Waals surface area contributed by atoms with Gasteiger partial charge in [0.05, 0.1) is 18.0 Å². The number of non-ortho nitro benzene ring substituents is 1. The van der Waals surface area contributed by atoms with Gasteiger partial charge in [-0.25, -0.2) is 0 Å². The van der Waals surface area contributed by atoms with Crippen LogP contribution in [-0.4, -0.2) is 58.5 Å². The Hall–Kier alpha value is -3.34. The van der Waals surface area contributed by atoms with Crippen molar-refractivity contribution in [1.29, 1.82) is 0 Å². The Morgan fingerprint density at radius 1 is 1.39 bits per heavy atom. The third-order valence-corrected chi connectivity index (χ3v) is 4.63. The fourth-order valence-corrected chi connectivity index (χ4v) is 3.05. The highest BCUT2D eigenvalue weighted by Crippen LogP contribution is 2.13. The number of benzene rings is 1. The molecule has 1 fully saturated rings. The summed E-state index contributed by atoms with van der Waals surface area (Å²) in [5, 5.41) is 15.9. The van der Waals surface area contributed by atoms with Gasteiger partial charge in [-0.1, -0.05) is 13.8 Å². The summed E-state index contributed by atoms with van der Waals surface area (Å²) in [6, 6.07) is 4.80. The molecule has 1 aliphatic rings. The maximum Gasteiger partial charge on any atom is 0.308 e. The van der Waals surface area contributed by atoms with Crippen LogP contribution in [0.15, 0.2) is 30.3 Å². The van der Waals surface area contributed by atoms with Gasteiger partial charge in [0.1, 0.15) is 6.04 Å². The number of nitrogens with one attached hydrogen (secondary N) is 2. The molecule has 0 bridgehead atoms. The van der Waals surface area contributed by atoms with Crippen LogP contribution in [0.5, 0.6) is 0 Å². The molecule has 10 nitrogen and oxygen atoms in total. The molecule has 166 valence electrons. The Labute approximate surface area is 184 Å². The molecule has 0 spiro atoms. The minimum Gasteiger partial charge on any atom is -0.465 e. The topological polar surface area (TPSA) is 131 Å². The summed E-state index contributed by atoms with van der Waals surface area (Å²) >= 11 is 5.27. The first kappa shape index (κ1) is 23.9. The fourth-order valence-electron chi connectivity index (χ4n) is 2.74. The van der Waals surface area contributed by atoms with Crippen LogP contribution >= 0.6 is 12.2 Å². The summed E-state index contributed by atoms with van der Waals surface area (Å²) in [6.07, 6.45) is 2.52. The van der Waals surface area contributed by atoms with E-state index in [-0.39, 0.29) is 35.7 Å². The molecular formula is C20H24N4O6S. The Bertz CT molecular complexity index is 884. The zero-order valence-corrected chi connectivity index (χ0v) is 18.0. The number of carbonyl (C=O) groups excluding carboxylic acids is 3. The van der Waals surface area contributed by atoms with Crippen LogP contribution in [0.25, 0.3) is 6.08 Å². The van der Waals surface area contributed by atoms with Gasteiger partial charge in [0, 0.05) is 31.3 Å². The lowest BCUT2D eigenvalue weighted by Crippen LogP contribution is -2.60. The van der Waals surface area contributed by atoms with Gasteiger partial charge < -0.3 is 15.0 Å². The first-order valence-corrected chi connectivity index (χ1v) is 10.1. The number of carbonyl (C=O) groups is 3. The average Bonchev–Trinajstić information content (AvgIpc) is 2.72. The largest absolute Gasteiger partial charge is 0.465 e. The molecule has 1 aromatic carbocycles. The molecule has 0 saturated carbocycles. The van der Waals surface area contributed by atoms with Crippen molar-refractivity contribution in [2.75, 3.05) is 19.7 Å². The monoisotopic (exact) mass is 448 g/mol. The second-order valence-corrected chi connectivity index (χ2v) is 7.64. The lowest BCUT2D eigenvalue weighted by molar-refractivity contribution is -0.384. The summed E-state index contributed by atoms with van der Waals surface area (Å²) < 4.78 is 5.14. The first-order chi connectivity index (χ1) is 14.7. The summed E-state index contributed by atoms with van der Waals surface area (Å²) in [5.74, 6) is -1.25. The van der Waals surface area contributed by atoms with Crippen LogP contribution in [0.1, 0.15) is 25.8 Å². The van der Waals surface area contributed by atoms with Gasteiger partial charge in [-0.2, -0.15) is 0 Å². The molecule has 2 amide bonds. The quantitative estimate of drug-likeness (QED) is 0.210. The minimum atomic E-state index is -0.875. The average molecular weight is 449 g/mol. The molecule has 1 saturated heterocycles. The van der Waals surface area contributed by atoms with Crippen molar-refractivity contribution in [2.24, 2.45) is 5.92 Å². The molecule has 0 aromatic heterocycles. The van der Waals surface area contributed by atoms with E-state index >= 15 is 0 Å². The number of rotatable bonds is 7. The number of nitro benzene ring substituents is 1. The van der Waals surface area contributed by atoms with Crippen molar-refractivity contribution in [1.82, 2.24) is 15.5 Å². The van der Waals surface area contributed by atoms with E-state index in [9.17, 15) is 24.5 Å². The fraction of sp³-hybridized carbons (Fsp3) is 0.400. The standard InChI is InChI=1S/C20H24N4O6S/c1-13(2)12-30-18(26)11-16-19(27)21-9-10-23(16)20(31)22-17(25)8-5-14-3-6-15(7-4-14)24(28)29/h3-8,13,16H,9-12H2,1-2H3,(H,21,27)(H,22,25,31)/b8-5+. The van der Waals surface area contributed by atoms with Gasteiger partial charge in [0.2, 0.25) is 11.8 Å². The Morgan fingerprint density at radius 3 is 2.68 bits per heavy atom. The predicted molar refractivity (Wildman–Crippen MR) is 117 cm³/mol. The lowest BCUT2D eigenvalue weighted by atomic mass is 10.1. The van der Waals surface area contributed by atoms with Crippen molar-refractivity contribution < 1.29 is 24.0 Å². The van der Waals surface area contributed by atoms with Crippen molar-refractivity contribution in [2.45, 2.75) is 26.3 Å². The van der Waals surface area contributed by atoms with E-state index in [1.54, 1.807) is 0 Å². The van der Waals surface area contributed by atoms with E-state index in [1.807, 2.05) is 13.8 Å². The predicted octanol–water partition coefficient (Wildman–Crippen LogP) is 1.40. The van der Waals surface area contributed by atoms with Crippen molar-refractivity contribution in [3.63, 3.8) is 0 Å². The number of amides is 2. The van der Waals surface area contributed by atoms with Crippen molar-refractivity contribution in [3.8, 4) is 0 Å². The van der Waals surface area contributed by atoms with Crippen LogP contribution in [0.3, 0.4) is 0 Å². The Kier molecular flexibility index (Phi) is 8.62. The summed E-state index contributed by atoms with van der Waals surface area (Å²) in [6.45, 7) is 4.72. The van der Waals surface area contributed by atoms with Gasteiger partial charge >= 0.3 is 5.97 Å². The molecule has 2 rings (SSSR count). The first-order valence-electron chi connectivity index (χ1n) is 9.65. The zero-order chi connectivity index (χ0) is 23.0. The van der Waals surface area contributed by atoms with Crippen molar-refractivity contribution >= 4 is 46.9 Å². The molecule has 1 aliphatic heterocycles. The van der Waals surface area contributed by atoms with Gasteiger partial charge in [0.25, 0.3) is 5.69 Å². The SMILES string of the molecule is CC(C)COC(=O)CC1C(=O)NCCN1C(=S)NC(=O)/C=C/c1ccc([N+](=O)[O-])cc1. The molecule has 1 atom stereocenters. The number of piperazine rings is 1. The molecule has 1 unspecified atom stereocenters. The highest BCUT2D eigenvalue weighted by Gasteiger charge is 2.34. The van der Waals surface area contributed by atoms with Gasteiger partial charge in [-0.3, -0.25) is 29.8 Å². The molecule has 31 heavy (non-hydrogen) atoms. The van der Waals surface area contributed by atoms with Gasteiger partial charge in [0.15, 0.2) is 5.11 Å². The molecule has 11 heteroatoms. The van der Waals surface area contributed by atoms with E-state index in [4.69, 9.17) is 17.0 Å². The van der Waals surface area contributed by atoms with E-state index in [0.29, 0.717) is 18.7 Å². The number of nitro groups is 1. The van der Waals surface area contributed by atoms with Crippen LogP contribution in [0, 0.1) is 16.0 Å². The molecule has 0 radical (unpaired) electrons. The third-order valence-electron chi connectivity index (χ3n) is 4.29. The lowest BCUT2D eigenvalue weighted by Gasteiger charge is -2.36. The summed E-state index contributed by atoms with van der Waals surface area (Å²) in [7, 11) is 0. The Morgan fingerprint density at radius 2 is 2.06 bits per heavy atom. The highest BCUT2D eigenvalue weighted by atomic mass is 32.1. The van der Waals surface area contributed by atoms with Crippen LogP contribution < -0.4 is 10.6 Å². The second kappa shape index (κ2) is 11.2. The van der Waals surface area contributed by atoms with E-state index in [1.165, 1.54) is 41.3 Å². The summed E-state index contributed by atoms with van der Waals surface area (Å²) in [5.41, 5.74) is 0.541. The van der Waals surface area contributed by atoms with E-state index in [2.05, 4.69) is 10.6 Å². The normalized spacial score (nSPS) is 16.2. The molecular weight excluding hydrogens is 424 g/mol. The number of nitrogens with zero attached hydrogens (tertiary/aromatic N) is 2. The Balaban J connectivity index is 1.97. The maximum atomic E-state index is 12.3. The number of ether oxygens (including phenoxy) is 1. The third kappa shape index (κ3) is 7.45. The maximum absolute atomic E-state index is 12.3. The van der Waals surface area contributed by atoms with Crippen LogP contribution in [0.4, 0.5) is 5.69 Å². The molecule has 0 aliphatic carbocycles. The zero-order valence-electron chi connectivity index (χ0n) is 17.2. The smallest absolute Gasteiger partial charge is 0.308 e. The van der Waals surface area contributed by atoms with Gasteiger partial charge in [-0.15, -0.1) is 0 Å². The van der Waals surface area contributed by atoms with Crippen molar-refractivity contribution in [3.05, 3.63) is 46.0 Å². The number of esters is 1. The second-order valence-electron chi connectivity index (χ2n) is 7.26. The molecule has 1 heterocycles. The molecule has 1 aromatic rings. The van der Waals surface area contributed by atoms with Gasteiger partial charge in [-0.05, 0) is 41.9 Å². The molecule has 2 N–H and O–H groups in total. The summed E-state index contributed by atoms with van der Waals surface area (Å²) in [4.78, 5) is 48.2. The number of thiocarbonyl (C=S) groups is 1. The van der Waals surface area contributed by atoms with E-state index in [0.717, 1.165) is 0 Å². The number of hydrogen-bond acceptors (Lipinski definition) is 7.